The number of rotatable bonds is 6. The standard InChI is InChI=1S/C8H11ClN4O4/c1-17-3-5(14)2-10-8-6(13(15)16)7(9)11-4-12-8/h4-5,14H,2-3H2,1H3,(H,10,11,12). The first-order valence-electron chi connectivity index (χ1n) is 4.62. The Morgan fingerprint density at radius 1 is 1.71 bits per heavy atom. The van der Waals surface area contributed by atoms with E-state index in [9.17, 15) is 15.2 Å². The van der Waals surface area contributed by atoms with Crippen LogP contribution in [0.15, 0.2) is 6.33 Å². The highest BCUT2D eigenvalue weighted by Crippen LogP contribution is 2.27. The van der Waals surface area contributed by atoms with E-state index in [4.69, 9.17) is 16.3 Å². The van der Waals surface area contributed by atoms with Crippen LogP contribution in [0.5, 0.6) is 0 Å². The molecule has 1 atom stereocenters. The lowest BCUT2D eigenvalue weighted by molar-refractivity contribution is -0.384. The zero-order chi connectivity index (χ0) is 12.8. The molecule has 1 aromatic heterocycles. The van der Waals surface area contributed by atoms with Crippen LogP contribution >= 0.6 is 11.6 Å². The van der Waals surface area contributed by atoms with Gasteiger partial charge in [-0.25, -0.2) is 9.97 Å². The van der Waals surface area contributed by atoms with Crippen LogP contribution in [-0.4, -0.2) is 46.4 Å². The number of nitrogens with one attached hydrogen (secondary N) is 1. The molecule has 0 radical (unpaired) electrons. The fourth-order valence-corrected chi connectivity index (χ4v) is 1.32. The minimum absolute atomic E-state index is 0.0369. The Kier molecular flexibility index (Phi) is 5.01. The molecule has 0 bridgehead atoms. The second-order valence-electron chi connectivity index (χ2n) is 3.11. The molecular formula is C8H11ClN4O4. The molecule has 94 valence electrons. The summed E-state index contributed by atoms with van der Waals surface area (Å²) in [6.45, 7) is 0.168. The van der Waals surface area contributed by atoms with E-state index in [-0.39, 0.29) is 24.1 Å². The molecule has 0 amide bonds. The molecule has 0 saturated heterocycles. The number of aliphatic hydroxyl groups is 1. The zero-order valence-electron chi connectivity index (χ0n) is 8.96. The van der Waals surface area contributed by atoms with Gasteiger partial charge in [0.25, 0.3) is 0 Å². The lowest BCUT2D eigenvalue weighted by atomic mass is 10.3. The Balaban J connectivity index is 2.77. The summed E-state index contributed by atoms with van der Waals surface area (Å²) in [7, 11) is 1.44. The van der Waals surface area contributed by atoms with Crippen molar-refractivity contribution in [3.8, 4) is 0 Å². The number of aliphatic hydroxyl groups excluding tert-OH is 1. The van der Waals surface area contributed by atoms with Crippen LogP contribution in [0.4, 0.5) is 11.5 Å². The number of methoxy groups -OCH3 is 1. The van der Waals surface area contributed by atoms with Crippen molar-refractivity contribution in [3.05, 3.63) is 21.6 Å². The van der Waals surface area contributed by atoms with Crippen molar-refractivity contribution >= 4 is 23.1 Å². The first-order chi connectivity index (χ1) is 8.06. The van der Waals surface area contributed by atoms with Crippen molar-refractivity contribution in [3.63, 3.8) is 0 Å². The van der Waals surface area contributed by atoms with Gasteiger partial charge in [0.05, 0.1) is 17.6 Å². The number of aromatic nitrogens is 2. The number of hydrogen-bond acceptors (Lipinski definition) is 7. The first-order valence-corrected chi connectivity index (χ1v) is 4.99. The zero-order valence-corrected chi connectivity index (χ0v) is 9.72. The van der Waals surface area contributed by atoms with Crippen molar-refractivity contribution in [2.24, 2.45) is 0 Å². The lowest BCUT2D eigenvalue weighted by Crippen LogP contribution is -2.24. The Morgan fingerprint density at radius 3 is 3.00 bits per heavy atom. The van der Waals surface area contributed by atoms with Gasteiger partial charge < -0.3 is 15.2 Å². The van der Waals surface area contributed by atoms with Crippen molar-refractivity contribution in [2.45, 2.75) is 6.10 Å². The number of hydrogen-bond donors (Lipinski definition) is 2. The van der Waals surface area contributed by atoms with E-state index < -0.39 is 16.7 Å². The van der Waals surface area contributed by atoms with Crippen molar-refractivity contribution in [2.75, 3.05) is 25.6 Å². The Bertz CT molecular complexity index is 403. The lowest BCUT2D eigenvalue weighted by Gasteiger charge is -2.11. The van der Waals surface area contributed by atoms with Crippen LogP contribution in [0.3, 0.4) is 0 Å². The molecular weight excluding hydrogens is 252 g/mol. The van der Waals surface area contributed by atoms with Gasteiger partial charge in [0.15, 0.2) is 0 Å². The largest absolute Gasteiger partial charge is 0.389 e. The van der Waals surface area contributed by atoms with Gasteiger partial charge in [0.1, 0.15) is 6.33 Å². The van der Waals surface area contributed by atoms with Crippen LogP contribution < -0.4 is 5.32 Å². The predicted molar refractivity (Wildman–Crippen MR) is 60.1 cm³/mol. The maximum atomic E-state index is 10.7. The molecule has 17 heavy (non-hydrogen) atoms. The maximum Gasteiger partial charge on any atom is 0.348 e. The highest BCUT2D eigenvalue weighted by molar-refractivity contribution is 6.31. The van der Waals surface area contributed by atoms with E-state index in [1.807, 2.05) is 0 Å². The molecule has 2 N–H and O–H groups in total. The summed E-state index contributed by atoms with van der Waals surface area (Å²) in [6.07, 6.45) is 0.300. The van der Waals surface area contributed by atoms with Crippen molar-refractivity contribution in [1.82, 2.24) is 9.97 Å². The summed E-state index contributed by atoms with van der Waals surface area (Å²) in [4.78, 5) is 17.2. The number of nitrogens with zero attached hydrogens (tertiary/aromatic N) is 3. The highest BCUT2D eigenvalue weighted by Gasteiger charge is 2.21. The smallest absolute Gasteiger partial charge is 0.348 e. The summed E-state index contributed by atoms with van der Waals surface area (Å²) in [6, 6.07) is 0. The van der Waals surface area contributed by atoms with Crippen molar-refractivity contribution in [1.29, 1.82) is 0 Å². The van der Waals surface area contributed by atoms with Crippen LogP contribution in [0.2, 0.25) is 5.15 Å². The average Bonchev–Trinajstić information content (AvgIpc) is 2.26. The molecule has 0 aliphatic rings. The second-order valence-corrected chi connectivity index (χ2v) is 3.47. The first kappa shape index (κ1) is 13.6. The molecule has 1 unspecified atom stereocenters. The molecule has 0 saturated carbocycles. The molecule has 0 fully saturated rings. The Hall–Kier alpha value is -1.51. The quantitative estimate of drug-likeness (QED) is 0.435. The molecule has 1 rings (SSSR count). The number of ether oxygens (including phenoxy) is 1. The van der Waals surface area contributed by atoms with Crippen LogP contribution in [-0.2, 0) is 4.74 Å². The summed E-state index contributed by atoms with van der Waals surface area (Å²) < 4.78 is 4.71. The molecule has 1 aromatic rings. The third-order valence-electron chi connectivity index (χ3n) is 1.82. The second kappa shape index (κ2) is 6.28. The van der Waals surface area contributed by atoms with Gasteiger partial charge in [-0.15, -0.1) is 0 Å². The number of anilines is 1. The van der Waals surface area contributed by atoms with E-state index in [1.165, 1.54) is 7.11 Å². The molecule has 0 spiro atoms. The molecule has 0 aromatic carbocycles. The van der Waals surface area contributed by atoms with Gasteiger partial charge in [-0.2, -0.15) is 0 Å². The van der Waals surface area contributed by atoms with Crippen LogP contribution in [0, 0.1) is 10.1 Å². The average molecular weight is 263 g/mol. The molecule has 0 aliphatic carbocycles. The number of nitro groups is 1. The summed E-state index contributed by atoms with van der Waals surface area (Å²) in [5.74, 6) is -0.0369. The predicted octanol–water partition coefficient (Wildman–Crippen LogP) is 0.457. The summed E-state index contributed by atoms with van der Waals surface area (Å²) in [5.41, 5.74) is -0.418. The fraction of sp³-hybridized carbons (Fsp3) is 0.500. The SMILES string of the molecule is COCC(O)CNc1ncnc(Cl)c1[N+](=O)[O-]. The fourth-order valence-electron chi connectivity index (χ4n) is 1.11. The van der Waals surface area contributed by atoms with Gasteiger partial charge in [-0.05, 0) is 0 Å². The third-order valence-corrected chi connectivity index (χ3v) is 2.10. The number of halogens is 1. The minimum Gasteiger partial charge on any atom is -0.389 e. The van der Waals surface area contributed by atoms with Gasteiger partial charge in [-0.3, -0.25) is 10.1 Å². The molecule has 9 heteroatoms. The molecule has 1 heterocycles. The Morgan fingerprint density at radius 2 is 2.41 bits per heavy atom. The van der Waals surface area contributed by atoms with Crippen LogP contribution in [0.25, 0.3) is 0 Å². The molecule has 0 aliphatic heterocycles. The topological polar surface area (TPSA) is 110 Å². The molecule has 8 nitrogen and oxygen atoms in total. The third kappa shape index (κ3) is 3.77. The minimum atomic E-state index is -0.798. The van der Waals surface area contributed by atoms with Gasteiger partial charge in [0.2, 0.25) is 11.0 Å². The summed E-state index contributed by atoms with van der Waals surface area (Å²) >= 11 is 5.58. The van der Waals surface area contributed by atoms with Gasteiger partial charge >= 0.3 is 5.69 Å². The van der Waals surface area contributed by atoms with E-state index >= 15 is 0 Å². The highest BCUT2D eigenvalue weighted by atomic mass is 35.5. The van der Waals surface area contributed by atoms with E-state index in [0.717, 1.165) is 6.33 Å². The normalized spacial score (nSPS) is 12.2. The maximum absolute atomic E-state index is 10.7. The van der Waals surface area contributed by atoms with E-state index in [0.29, 0.717) is 0 Å². The van der Waals surface area contributed by atoms with E-state index in [1.54, 1.807) is 0 Å². The monoisotopic (exact) mass is 262 g/mol. The summed E-state index contributed by atoms with van der Waals surface area (Å²) in [5, 5.41) is 22.5. The van der Waals surface area contributed by atoms with Gasteiger partial charge in [0, 0.05) is 13.7 Å². The Labute approximate surface area is 102 Å². The van der Waals surface area contributed by atoms with Gasteiger partial charge in [-0.1, -0.05) is 11.6 Å². The van der Waals surface area contributed by atoms with Crippen LogP contribution in [0.1, 0.15) is 0 Å². The van der Waals surface area contributed by atoms with E-state index in [2.05, 4.69) is 15.3 Å². The van der Waals surface area contributed by atoms with Crippen molar-refractivity contribution < 1.29 is 14.8 Å².